The molecule has 0 bridgehead atoms. The van der Waals surface area contributed by atoms with Gasteiger partial charge in [-0.3, -0.25) is 9.48 Å². The normalized spacial score (nSPS) is 13.0. The second-order valence-electron chi connectivity index (χ2n) is 4.58. The maximum absolute atomic E-state index is 11.9. The molecule has 1 aliphatic rings. The summed E-state index contributed by atoms with van der Waals surface area (Å²) in [6, 6.07) is 5.34. The first kappa shape index (κ1) is 13.8. The van der Waals surface area contributed by atoms with Crippen molar-refractivity contribution in [3.63, 3.8) is 0 Å². The van der Waals surface area contributed by atoms with Crippen LogP contribution in [0.4, 0.5) is 5.69 Å². The van der Waals surface area contributed by atoms with E-state index in [4.69, 9.17) is 21.1 Å². The van der Waals surface area contributed by atoms with Crippen LogP contribution in [-0.4, -0.2) is 28.9 Å². The van der Waals surface area contributed by atoms with Crippen LogP contribution in [0.2, 0.25) is 5.02 Å². The highest BCUT2D eigenvalue weighted by molar-refractivity contribution is 6.30. The second-order valence-corrected chi connectivity index (χ2v) is 5.01. The van der Waals surface area contributed by atoms with Gasteiger partial charge in [-0.05, 0) is 12.1 Å². The molecule has 2 aromatic rings. The van der Waals surface area contributed by atoms with Crippen molar-refractivity contribution in [1.29, 1.82) is 0 Å². The molecule has 6 nitrogen and oxygen atoms in total. The maximum atomic E-state index is 11.9. The lowest BCUT2D eigenvalue weighted by atomic mass is 10.2. The predicted octanol–water partition coefficient (Wildman–Crippen LogP) is 2.34. The summed E-state index contributed by atoms with van der Waals surface area (Å²) in [6.45, 7) is 1.54. The van der Waals surface area contributed by atoms with Crippen LogP contribution >= 0.6 is 11.6 Å². The van der Waals surface area contributed by atoms with Crippen molar-refractivity contribution in [3.05, 3.63) is 35.6 Å². The lowest BCUT2D eigenvalue weighted by molar-refractivity contribution is -0.116. The molecule has 0 spiro atoms. The SMILES string of the molecule is O=C(CCn1cc(Cl)cn1)Nc1ccc2c(c1)OCCO2. The number of hydrogen-bond donors (Lipinski definition) is 1. The summed E-state index contributed by atoms with van der Waals surface area (Å²) in [4.78, 5) is 11.9. The molecule has 1 aromatic carbocycles. The Morgan fingerprint density at radius 3 is 2.90 bits per heavy atom. The second kappa shape index (κ2) is 6.05. The zero-order chi connectivity index (χ0) is 14.7. The van der Waals surface area contributed by atoms with Crippen molar-refractivity contribution in [3.8, 4) is 11.5 Å². The topological polar surface area (TPSA) is 65.4 Å². The Hall–Kier alpha value is -2.21. The summed E-state index contributed by atoms with van der Waals surface area (Å²) in [6.07, 6.45) is 3.53. The van der Waals surface area contributed by atoms with E-state index in [1.807, 2.05) is 0 Å². The van der Waals surface area contributed by atoms with Gasteiger partial charge in [-0.2, -0.15) is 5.10 Å². The monoisotopic (exact) mass is 307 g/mol. The van der Waals surface area contributed by atoms with Gasteiger partial charge >= 0.3 is 0 Å². The third kappa shape index (κ3) is 3.46. The molecule has 3 rings (SSSR count). The van der Waals surface area contributed by atoms with E-state index in [-0.39, 0.29) is 5.91 Å². The van der Waals surface area contributed by atoms with Crippen molar-refractivity contribution in [2.45, 2.75) is 13.0 Å². The Labute approximate surface area is 126 Å². The van der Waals surface area contributed by atoms with Crippen LogP contribution in [0.1, 0.15) is 6.42 Å². The number of carbonyl (C=O) groups is 1. The Balaban J connectivity index is 1.57. The van der Waals surface area contributed by atoms with Gasteiger partial charge in [0.25, 0.3) is 0 Å². The van der Waals surface area contributed by atoms with E-state index in [9.17, 15) is 4.79 Å². The predicted molar refractivity (Wildman–Crippen MR) is 77.9 cm³/mol. The summed E-state index contributed by atoms with van der Waals surface area (Å²) >= 11 is 5.76. The molecule has 1 amide bonds. The minimum atomic E-state index is -0.0988. The lowest BCUT2D eigenvalue weighted by Gasteiger charge is -2.19. The van der Waals surface area contributed by atoms with Crippen LogP contribution in [0.5, 0.6) is 11.5 Å². The Kier molecular flexibility index (Phi) is 3.96. The number of nitrogens with one attached hydrogen (secondary N) is 1. The largest absolute Gasteiger partial charge is 0.486 e. The molecule has 0 radical (unpaired) electrons. The number of fused-ring (bicyclic) bond motifs is 1. The molecule has 0 atom stereocenters. The van der Waals surface area contributed by atoms with E-state index in [0.717, 1.165) is 0 Å². The van der Waals surface area contributed by atoms with E-state index in [2.05, 4.69) is 10.4 Å². The van der Waals surface area contributed by atoms with E-state index in [1.54, 1.807) is 35.3 Å². The highest BCUT2D eigenvalue weighted by Gasteiger charge is 2.12. The van der Waals surface area contributed by atoms with E-state index in [0.29, 0.717) is 48.4 Å². The molecule has 1 N–H and O–H groups in total. The van der Waals surface area contributed by atoms with Crippen LogP contribution in [0.15, 0.2) is 30.6 Å². The molecule has 2 heterocycles. The Bertz CT molecular complexity index is 657. The van der Waals surface area contributed by atoms with E-state index in [1.165, 1.54) is 0 Å². The molecule has 1 aliphatic heterocycles. The minimum absolute atomic E-state index is 0.0988. The highest BCUT2D eigenvalue weighted by Crippen LogP contribution is 2.32. The fraction of sp³-hybridized carbons (Fsp3) is 0.286. The number of aromatic nitrogens is 2. The Morgan fingerprint density at radius 2 is 2.14 bits per heavy atom. The highest BCUT2D eigenvalue weighted by atomic mass is 35.5. The number of hydrogen-bond acceptors (Lipinski definition) is 4. The number of carbonyl (C=O) groups excluding carboxylic acids is 1. The van der Waals surface area contributed by atoms with Gasteiger partial charge in [-0.1, -0.05) is 11.6 Å². The fourth-order valence-corrected chi connectivity index (χ4v) is 2.18. The molecule has 1 aromatic heterocycles. The van der Waals surface area contributed by atoms with Crippen LogP contribution in [-0.2, 0) is 11.3 Å². The van der Waals surface area contributed by atoms with Crippen LogP contribution in [0, 0.1) is 0 Å². The molecule has 110 valence electrons. The van der Waals surface area contributed by atoms with Crippen LogP contribution < -0.4 is 14.8 Å². The first-order chi connectivity index (χ1) is 10.2. The molecule has 21 heavy (non-hydrogen) atoms. The van der Waals surface area contributed by atoms with Gasteiger partial charge in [0.2, 0.25) is 5.91 Å². The summed E-state index contributed by atoms with van der Waals surface area (Å²) in [7, 11) is 0. The van der Waals surface area contributed by atoms with E-state index < -0.39 is 0 Å². The first-order valence-corrected chi connectivity index (χ1v) is 6.96. The quantitative estimate of drug-likeness (QED) is 0.941. The zero-order valence-corrected chi connectivity index (χ0v) is 12.0. The third-order valence-electron chi connectivity index (χ3n) is 3.00. The summed E-state index contributed by atoms with van der Waals surface area (Å²) in [5, 5.41) is 7.40. The minimum Gasteiger partial charge on any atom is -0.486 e. The standard InChI is InChI=1S/C14H14ClN3O3/c15-10-8-16-18(9-10)4-3-14(19)17-11-1-2-12-13(7-11)21-6-5-20-12/h1-2,7-9H,3-6H2,(H,17,19). The number of amides is 1. The molecule has 0 fully saturated rings. The summed E-state index contributed by atoms with van der Waals surface area (Å²) < 4.78 is 12.5. The molecule has 0 aliphatic carbocycles. The number of ether oxygens (including phenoxy) is 2. The van der Waals surface area contributed by atoms with E-state index >= 15 is 0 Å². The van der Waals surface area contributed by atoms with Crippen molar-refractivity contribution < 1.29 is 14.3 Å². The average Bonchev–Trinajstić information content (AvgIpc) is 2.91. The van der Waals surface area contributed by atoms with Gasteiger partial charge in [0.15, 0.2) is 11.5 Å². The number of nitrogens with zero attached hydrogens (tertiary/aromatic N) is 2. The number of anilines is 1. The van der Waals surface area contributed by atoms with Crippen molar-refractivity contribution in [1.82, 2.24) is 9.78 Å². The third-order valence-corrected chi connectivity index (χ3v) is 3.19. The first-order valence-electron chi connectivity index (χ1n) is 6.58. The number of aryl methyl sites for hydroxylation is 1. The van der Waals surface area contributed by atoms with Gasteiger partial charge in [0.1, 0.15) is 13.2 Å². The lowest BCUT2D eigenvalue weighted by Crippen LogP contribution is -2.17. The average molecular weight is 308 g/mol. The molecule has 0 unspecified atom stereocenters. The van der Waals surface area contributed by atoms with Crippen molar-refractivity contribution >= 4 is 23.2 Å². The van der Waals surface area contributed by atoms with Crippen molar-refractivity contribution in [2.75, 3.05) is 18.5 Å². The molecular weight excluding hydrogens is 294 g/mol. The van der Waals surface area contributed by atoms with Gasteiger partial charge < -0.3 is 14.8 Å². The number of rotatable bonds is 4. The number of halogens is 1. The Morgan fingerprint density at radius 1 is 1.33 bits per heavy atom. The van der Waals surface area contributed by atoms with Gasteiger partial charge in [0, 0.05) is 30.9 Å². The number of benzene rings is 1. The summed E-state index contributed by atoms with van der Waals surface area (Å²) in [5.74, 6) is 1.25. The van der Waals surface area contributed by atoms with Crippen molar-refractivity contribution in [2.24, 2.45) is 0 Å². The maximum Gasteiger partial charge on any atom is 0.226 e. The van der Waals surface area contributed by atoms with Gasteiger partial charge in [-0.25, -0.2) is 0 Å². The van der Waals surface area contributed by atoms with Gasteiger partial charge in [0.05, 0.1) is 11.2 Å². The molecule has 7 heteroatoms. The van der Waals surface area contributed by atoms with Crippen LogP contribution in [0.3, 0.4) is 0 Å². The zero-order valence-electron chi connectivity index (χ0n) is 11.2. The van der Waals surface area contributed by atoms with Crippen LogP contribution in [0.25, 0.3) is 0 Å². The molecule has 0 saturated heterocycles. The smallest absolute Gasteiger partial charge is 0.226 e. The summed E-state index contributed by atoms with van der Waals surface area (Å²) in [5.41, 5.74) is 0.683. The molecule has 0 saturated carbocycles. The molecular formula is C14H14ClN3O3. The van der Waals surface area contributed by atoms with Gasteiger partial charge in [-0.15, -0.1) is 0 Å². The fourth-order valence-electron chi connectivity index (χ4n) is 2.02.